The van der Waals surface area contributed by atoms with Gasteiger partial charge in [0.25, 0.3) is 0 Å². The number of nitrogens with zero attached hydrogens (tertiary/aromatic N) is 2. The third-order valence-electron chi connectivity index (χ3n) is 5.38. The molecule has 1 radical (unpaired) electrons. The van der Waals surface area contributed by atoms with Gasteiger partial charge in [-0.15, -0.1) is 0 Å². The molecule has 0 fully saturated rings. The zero-order valence-corrected chi connectivity index (χ0v) is 18.9. The average Bonchev–Trinajstić information content (AvgIpc) is 2.84. The van der Waals surface area contributed by atoms with E-state index < -0.39 is 29.8 Å². The van der Waals surface area contributed by atoms with E-state index in [4.69, 9.17) is 4.74 Å². The van der Waals surface area contributed by atoms with Gasteiger partial charge in [-0.2, -0.15) is 0 Å². The number of benzene rings is 2. The van der Waals surface area contributed by atoms with Crippen molar-refractivity contribution in [2.45, 2.75) is 31.8 Å². The molecule has 0 spiro atoms. The van der Waals surface area contributed by atoms with E-state index in [1.54, 1.807) is 19.3 Å². The Bertz CT molecular complexity index is 1140. The number of amides is 3. The lowest BCUT2D eigenvalue weighted by atomic mass is 10.1. The molecular weight excluding hydrogens is 442 g/mol. The second-order valence-electron chi connectivity index (χ2n) is 7.77. The first-order valence-electron chi connectivity index (χ1n) is 10.9. The molecule has 0 saturated heterocycles. The molecule has 2 N–H and O–H groups in total. The molecule has 7 nitrogen and oxygen atoms in total. The van der Waals surface area contributed by atoms with Crippen LogP contribution in [-0.2, 0) is 11.3 Å². The summed E-state index contributed by atoms with van der Waals surface area (Å²) in [6.45, 7) is 3.57. The summed E-state index contributed by atoms with van der Waals surface area (Å²) in [7, 11) is 1.55. The number of carbonyl (C=O) groups is 2. The van der Waals surface area contributed by atoms with Crippen LogP contribution in [0, 0.1) is 18.6 Å². The maximum absolute atomic E-state index is 13.8. The van der Waals surface area contributed by atoms with Gasteiger partial charge in [0.15, 0.2) is 11.6 Å². The Balaban J connectivity index is 1.56. The van der Waals surface area contributed by atoms with Crippen LogP contribution in [0.5, 0.6) is 0 Å². The molecule has 3 rings (SSSR count). The summed E-state index contributed by atoms with van der Waals surface area (Å²) in [4.78, 5) is 30.5. The SMILES string of the molecule is [CH2]CCC[C@@H](COC(=O)Nc1cc2ccccc2cn1)N(C)C(=O)NCc1cccc(F)c1F. The molecule has 0 aliphatic rings. The minimum atomic E-state index is -0.999. The van der Waals surface area contributed by atoms with Gasteiger partial charge in [0.1, 0.15) is 12.4 Å². The third-order valence-corrected chi connectivity index (χ3v) is 5.38. The number of aromatic nitrogens is 1. The Hall–Kier alpha value is -3.75. The molecule has 0 aliphatic heterocycles. The Morgan fingerprint density at radius 2 is 1.91 bits per heavy atom. The molecule has 1 atom stereocenters. The van der Waals surface area contributed by atoms with E-state index in [0.717, 1.165) is 16.8 Å². The number of ether oxygens (including phenoxy) is 1. The molecule has 3 aromatic rings. The summed E-state index contributed by atoms with van der Waals surface area (Å²) in [5, 5.41) is 7.03. The van der Waals surface area contributed by atoms with Crippen molar-refractivity contribution in [1.29, 1.82) is 0 Å². The molecule has 0 bridgehead atoms. The predicted octanol–water partition coefficient (Wildman–Crippen LogP) is 5.28. The first-order chi connectivity index (χ1) is 16.4. The lowest BCUT2D eigenvalue weighted by Gasteiger charge is -2.28. The third kappa shape index (κ3) is 6.63. The number of nitrogens with one attached hydrogen (secondary N) is 2. The van der Waals surface area contributed by atoms with Crippen molar-refractivity contribution < 1.29 is 23.1 Å². The van der Waals surface area contributed by atoms with Crippen molar-refractivity contribution in [3.8, 4) is 0 Å². The summed E-state index contributed by atoms with van der Waals surface area (Å²) in [6, 6.07) is 12.2. The highest BCUT2D eigenvalue weighted by atomic mass is 19.2. The zero-order chi connectivity index (χ0) is 24.5. The van der Waals surface area contributed by atoms with Crippen molar-refractivity contribution in [2.75, 3.05) is 19.0 Å². The number of unbranched alkanes of at least 4 members (excludes halogenated alkanes) is 1. The van der Waals surface area contributed by atoms with Crippen molar-refractivity contribution >= 4 is 28.7 Å². The number of urea groups is 1. The number of rotatable bonds is 9. The van der Waals surface area contributed by atoms with Gasteiger partial charge in [-0.05, 0) is 23.9 Å². The molecule has 1 heterocycles. The molecule has 34 heavy (non-hydrogen) atoms. The van der Waals surface area contributed by atoms with Crippen LogP contribution < -0.4 is 10.6 Å². The largest absolute Gasteiger partial charge is 0.447 e. The van der Waals surface area contributed by atoms with Gasteiger partial charge in [-0.25, -0.2) is 23.4 Å². The predicted molar refractivity (Wildman–Crippen MR) is 126 cm³/mol. The first-order valence-corrected chi connectivity index (χ1v) is 10.9. The lowest BCUT2D eigenvalue weighted by Crippen LogP contribution is -2.46. The molecule has 0 saturated carbocycles. The number of pyridine rings is 1. The number of likely N-dealkylation sites (N-methyl/N-ethyl adjacent to an activating group) is 1. The molecule has 1 aromatic heterocycles. The topological polar surface area (TPSA) is 83.6 Å². The number of anilines is 1. The number of fused-ring (bicyclic) bond motifs is 1. The fourth-order valence-corrected chi connectivity index (χ4v) is 3.38. The van der Waals surface area contributed by atoms with E-state index in [-0.39, 0.29) is 18.7 Å². The van der Waals surface area contributed by atoms with Crippen LogP contribution in [0.15, 0.2) is 54.7 Å². The minimum absolute atomic E-state index is 0.0366. The molecule has 0 unspecified atom stereocenters. The first kappa shape index (κ1) is 24.9. The van der Waals surface area contributed by atoms with Crippen LogP contribution in [0.25, 0.3) is 10.8 Å². The highest BCUT2D eigenvalue weighted by Crippen LogP contribution is 2.17. The summed E-state index contributed by atoms with van der Waals surface area (Å²) in [6.07, 6.45) is 2.86. The number of hydrogen-bond acceptors (Lipinski definition) is 4. The smallest absolute Gasteiger partial charge is 0.412 e. The summed E-state index contributed by atoms with van der Waals surface area (Å²) in [5.41, 5.74) is 0.0366. The fourth-order valence-electron chi connectivity index (χ4n) is 3.38. The van der Waals surface area contributed by atoms with Gasteiger partial charge < -0.3 is 15.0 Å². The maximum Gasteiger partial charge on any atom is 0.412 e. The Morgan fingerprint density at radius 1 is 1.15 bits per heavy atom. The standard InChI is InChI=1S/C25H27F2N4O3/c1-3-4-11-20(31(2)24(32)29-15-19-10-7-12-21(26)23(19)27)16-34-25(33)30-22-13-17-8-5-6-9-18(17)14-28-22/h5-10,12-14,20H,1,3-4,11,15-16H2,2H3,(H,29,32)(H,28,30,33)/t20-/m0/s1. The highest BCUT2D eigenvalue weighted by molar-refractivity contribution is 5.89. The van der Waals surface area contributed by atoms with Gasteiger partial charge in [0, 0.05) is 30.7 Å². The van der Waals surface area contributed by atoms with Crippen LogP contribution >= 0.6 is 0 Å². The van der Waals surface area contributed by atoms with Gasteiger partial charge in [0.2, 0.25) is 0 Å². The Kier molecular flexibility index (Phi) is 8.73. The second kappa shape index (κ2) is 11.9. The zero-order valence-electron chi connectivity index (χ0n) is 18.9. The van der Waals surface area contributed by atoms with Gasteiger partial charge in [-0.3, -0.25) is 5.32 Å². The van der Waals surface area contributed by atoms with Crippen molar-refractivity contribution in [3.63, 3.8) is 0 Å². The van der Waals surface area contributed by atoms with E-state index in [0.29, 0.717) is 25.1 Å². The summed E-state index contributed by atoms with van der Waals surface area (Å²) < 4.78 is 32.6. The van der Waals surface area contributed by atoms with Crippen molar-refractivity contribution in [3.05, 3.63) is 78.8 Å². The van der Waals surface area contributed by atoms with Crippen LogP contribution in [-0.4, -0.2) is 41.7 Å². The molecule has 3 amide bonds. The molecule has 2 aromatic carbocycles. The van der Waals surface area contributed by atoms with Crippen molar-refractivity contribution in [1.82, 2.24) is 15.2 Å². The Morgan fingerprint density at radius 3 is 2.68 bits per heavy atom. The van der Waals surface area contributed by atoms with Gasteiger partial charge in [0.05, 0.1) is 6.04 Å². The van der Waals surface area contributed by atoms with E-state index in [9.17, 15) is 18.4 Å². The van der Waals surface area contributed by atoms with Crippen LogP contribution in [0.3, 0.4) is 0 Å². The van der Waals surface area contributed by atoms with Crippen LogP contribution in [0.2, 0.25) is 0 Å². The number of carbonyl (C=O) groups excluding carboxylic acids is 2. The monoisotopic (exact) mass is 469 g/mol. The summed E-state index contributed by atoms with van der Waals surface area (Å²) in [5.74, 6) is -1.63. The number of halogens is 2. The van der Waals surface area contributed by atoms with Crippen molar-refractivity contribution in [2.24, 2.45) is 0 Å². The summed E-state index contributed by atoms with van der Waals surface area (Å²) >= 11 is 0. The highest BCUT2D eigenvalue weighted by Gasteiger charge is 2.22. The van der Waals surface area contributed by atoms with E-state index >= 15 is 0 Å². The molecule has 9 heteroatoms. The maximum atomic E-state index is 13.8. The minimum Gasteiger partial charge on any atom is -0.447 e. The van der Waals surface area contributed by atoms with Crippen LogP contribution in [0.1, 0.15) is 24.8 Å². The van der Waals surface area contributed by atoms with E-state index in [1.165, 1.54) is 17.0 Å². The Labute approximate surface area is 197 Å². The van der Waals surface area contributed by atoms with Gasteiger partial charge >= 0.3 is 12.1 Å². The van der Waals surface area contributed by atoms with E-state index in [2.05, 4.69) is 22.5 Å². The van der Waals surface area contributed by atoms with E-state index in [1.807, 2.05) is 24.3 Å². The number of hydrogen-bond donors (Lipinski definition) is 2. The average molecular weight is 470 g/mol. The second-order valence-corrected chi connectivity index (χ2v) is 7.77. The van der Waals surface area contributed by atoms with Crippen LogP contribution in [0.4, 0.5) is 24.2 Å². The van der Waals surface area contributed by atoms with Gasteiger partial charge in [-0.1, -0.05) is 56.2 Å². The fraction of sp³-hybridized carbons (Fsp3) is 0.280. The molecule has 179 valence electrons. The molecule has 0 aliphatic carbocycles. The lowest BCUT2D eigenvalue weighted by molar-refractivity contribution is 0.113. The quantitative estimate of drug-likeness (QED) is 0.447. The molecular formula is C25H27F2N4O3. The normalized spacial score (nSPS) is 11.6.